The van der Waals surface area contributed by atoms with Gasteiger partial charge in [0.25, 0.3) is 5.69 Å². The van der Waals surface area contributed by atoms with Crippen LogP contribution in [-0.2, 0) is 7.05 Å². The van der Waals surface area contributed by atoms with Crippen molar-refractivity contribution < 1.29 is 9.34 Å². The number of fused-ring (bicyclic) bond motifs is 1. The number of imidazole rings is 1. The Morgan fingerprint density at radius 3 is 2.86 bits per heavy atom. The number of hydrazone groups is 1. The Kier molecular flexibility index (Phi) is 4.54. The summed E-state index contributed by atoms with van der Waals surface area (Å²) >= 11 is 5.85. The Bertz CT molecular complexity index is 1210. The predicted molar refractivity (Wildman–Crippen MR) is 108 cm³/mol. The van der Waals surface area contributed by atoms with Crippen molar-refractivity contribution in [1.29, 1.82) is 0 Å². The highest BCUT2D eigenvalue weighted by Gasteiger charge is 2.18. The molecule has 0 unspecified atom stereocenters. The minimum atomic E-state index is -0.495. The molecule has 4 rings (SSSR count). The lowest BCUT2D eigenvalue weighted by molar-refractivity contribution is -0.384. The lowest BCUT2D eigenvalue weighted by Crippen LogP contribution is -1.98. The molecule has 2 aromatic heterocycles. The van der Waals surface area contributed by atoms with Gasteiger partial charge in [0.1, 0.15) is 11.5 Å². The van der Waals surface area contributed by atoms with Crippen molar-refractivity contribution in [1.82, 2.24) is 9.55 Å². The number of nitro benzene ring substituents is 1. The molecule has 8 nitrogen and oxygen atoms in total. The number of para-hydroxylation sites is 2. The number of hydrogen-bond acceptors (Lipinski definition) is 6. The van der Waals surface area contributed by atoms with Crippen molar-refractivity contribution in [3.05, 3.63) is 75.5 Å². The summed E-state index contributed by atoms with van der Waals surface area (Å²) in [6.07, 6.45) is 1.48. The third-order valence-corrected chi connectivity index (χ3v) is 4.43. The highest BCUT2D eigenvalue weighted by molar-refractivity contribution is 6.30. The van der Waals surface area contributed by atoms with Gasteiger partial charge in [-0.15, -0.1) is 0 Å². The van der Waals surface area contributed by atoms with Crippen molar-refractivity contribution in [3.63, 3.8) is 0 Å². The smallest absolute Gasteiger partial charge is 0.281 e. The number of halogens is 1. The fourth-order valence-electron chi connectivity index (χ4n) is 2.83. The zero-order chi connectivity index (χ0) is 19.7. The third-order valence-electron chi connectivity index (χ3n) is 4.19. The van der Waals surface area contributed by atoms with Crippen molar-refractivity contribution in [3.8, 4) is 11.3 Å². The van der Waals surface area contributed by atoms with E-state index < -0.39 is 4.92 Å². The Morgan fingerprint density at radius 1 is 1.25 bits per heavy atom. The van der Waals surface area contributed by atoms with Gasteiger partial charge < -0.3 is 8.98 Å². The van der Waals surface area contributed by atoms with Crippen molar-refractivity contribution in [2.45, 2.75) is 0 Å². The monoisotopic (exact) mass is 395 g/mol. The van der Waals surface area contributed by atoms with Crippen molar-refractivity contribution in [2.24, 2.45) is 12.1 Å². The third kappa shape index (κ3) is 3.33. The molecule has 9 heteroatoms. The number of nitro groups is 1. The molecule has 0 saturated heterocycles. The van der Waals surface area contributed by atoms with E-state index in [1.54, 1.807) is 24.3 Å². The number of aryl methyl sites for hydroxylation is 1. The van der Waals surface area contributed by atoms with Gasteiger partial charge in [-0.1, -0.05) is 23.7 Å². The molecule has 0 amide bonds. The lowest BCUT2D eigenvalue weighted by atomic mass is 10.1. The van der Waals surface area contributed by atoms with E-state index in [-0.39, 0.29) is 10.7 Å². The summed E-state index contributed by atoms with van der Waals surface area (Å²) in [5.41, 5.74) is 4.94. The molecular weight excluding hydrogens is 382 g/mol. The van der Waals surface area contributed by atoms with Crippen LogP contribution in [0.3, 0.4) is 0 Å². The molecule has 0 radical (unpaired) electrons. The number of rotatable bonds is 5. The fraction of sp³-hybridized carbons (Fsp3) is 0.0526. The highest BCUT2D eigenvalue weighted by Crippen LogP contribution is 2.33. The molecule has 140 valence electrons. The summed E-state index contributed by atoms with van der Waals surface area (Å²) in [4.78, 5) is 15.2. The fourth-order valence-corrected chi connectivity index (χ4v) is 3.00. The number of nitrogens with zero attached hydrogens (tertiary/aromatic N) is 4. The molecule has 0 bridgehead atoms. The van der Waals surface area contributed by atoms with Crippen LogP contribution in [0.15, 0.2) is 64.1 Å². The Labute approximate surface area is 164 Å². The zero-order valence-electron chi connectivity index (χ0n) is 14.7. The van der Waals surface area contributed by atoms with E-state index in [4.69, 9.17) is 16.0 Å². The van der Waals surface area contributed by atoms with Gasteiger partial charge in [0, 0.05) is 18.1 Å². The van der Waals surface area contributed by atoms with Gasteiger partial charge in [-0.05, 0) is 36.4 Å². The topological polar surface area (TPSA) is 98.5 Å². The molecule has 0 fully saturated rings. The zero-order valence-corrected chi connectivity index (χ0v) is 15.4. The van der Waals surface area contributed by atoms with Gasteiger partial charge in [-0.25, -0.2) is 10.4 Å². The average Bonchev–Trinajstić information content (AvgIpc) is 3.27. The first-order chi connectivity index (χ1) is 13.5. The Morgan fingerprint density at radius 2 is 2.07 bits per heavy atom. The van der Waals surface area contributed by atoms with Crippen LogP contribution in [0.4, 0.5) is 11.6 Å². The van der Waals surface area contributed by atoms with Crippen LogP contribution in [0.2, 0.25) is 5.02 Å². The molecule has 0 saturated carbocycles. The van der Waals surface area contributed by atoms with Gasteiger partial charge in [0.2, 0.25) is 5.95 Å². The van der Waals surface area contributed by atoms with Crippen LogP contribution in [0.25, 0.3) is 22.4 Å². The van der Waals surface area contributed by atoms with Gasteiger partial charge >= 0.3 is 0 Å². The number of hydrogen-bond donors (Lipinski definition) is 1. The first kappa shape index (κ1) is 17.7. The van der Waals surface area contributed by atoms with E-state index in [9.17, 15) is 10.1 Å². The molecule has 28 heavy (non-hydrogen) atoms. The van der Waals surface area contributed by atoms with Gasteiger partial charge in [0.15, 0.2) is 0 Å². The quantitative estimate of drug-likeness (QED) is 0.296. The summed E-state index contributed by atoms with van der Waals surface area (Å²) in [5, 5.41) is 15.7. The van der Waals surface area contributed by atoms with E-state index in [1.807, 2.05) is 35.9 Å². The summed E-state index contributed by atoms with van der Waals surface area (Å²) in [7, 11) is 1.89. The first-order valence-corrected chi connectivity index (χ1v) is 8.65. The second kappa shape index (κ2) is 7.16. The lowest BCUT2D eigenvalue weighted by Gasteiger charge is -2.00. The number of benzene rings is 2. The molecule has 2 heterocycles. The SMILES string of the molecule is Cn1c(N/N=C\c2ccc(-c3ccc(Cl)cc3[N+](=O)[O-])o2)nc2ccccc21. The normalized spacial score (nSPS) is 11.4. The van der Waals surface area contributed by atoms with Crippen LogP contribution in [-0.4, -0.2) is 20.7 Å². The summed E-state index contributed by atoms with van der Waals surface area (Å²) in [6, 6.07) is 15.5. The van der Waals surface area contributed by atoms with E-state index in [1.165, 1.54) is 12.3 Å². The number of furan rings is 1. The molecule has 4 aromatic rings. The molecular formula is C19H14ClN5O3. The van der Waals surface area contributed by atoms with E-state index in [0.29, 0.717) is 23.0 Å². The van der Waals surface area contributed by atoms with Crippen molar-refractivity contribution >= 4 is 40.5 Å². The maximum absolute atomic E-state index is 11.2. The van der Waals surface area contributed by atoms with Crippen LogP contribution in [0.1, 0.15) is 5.76 Å². The summed E-state index contributed by atoms with van der Waals surface area (Å²) < 4.78 is 7.55. The number of anilines is 1. The van der Waals surface area contributed by atoms with Crippen LogP contribution < -0.4 is 5.43 Å². The summed E-state index contributed by atoms with van der Waals surface area (Å²) in [5.74, 6) is 1.37. The minimum Gasteiger partial charge on any atom is -0.455 e. The molecule has 0 aliphatic carbocycles. The van der Waals surface area contributed by atoms with E-state index >= 15 is 0 Å². The average molecular weight is 396 g/mol. The number of nitrogens with one attached hydrogen (secondary N) is 1. The molecule has 0 atom stereocenters. The molecule has 0 aliphatic rings. The predicted octanol–water partition coefficient (Wildman–Crippen LogP) is 4.84. The highest BCUT2D eigenvalue weighted by atomic mass is 35.5. The molecule has 0 spiro atoms. The van der Waals surface area contributed by atoms with E-state index in [0.717, 1.165) is 11.0 Å². The molecule has 0 aliphatic heterocycles. The maximum atomic E-state index is 11.2. The van der Waals surface area contributed by atoms with Crippen LogP contribution in [0.5, 0.6) is 0 Å². The Balaban J connectivity index is 1.55. The summed E-state index contributed by atoms with van der Waals surface area (Å²) in [6.45, 7) is 0. The number of aromatic nitrogens is 2. The Hall–Kier alpha value is -3.65. The van der Waals surface area contributed by atoms with Gasteiger partial charge in [-0.2, -0.15) is 5.10 Å². The second-order valence-electron chi connectivity index (χ2n) is 5.97. The standard InChI is InChI=1S/C19H14ClN5O3/c1-24-16-5-3-2-4-15(16)22-19(24)23-21-11-13-7-9-18(28-13)14-8-6-12(20)10-17(14)25(26)27/h2-11H,1H3,(H,22,23)/b21-11-. The van der Waals surface area contributed by atoms with E-state index in [2.05, 4.69) is 15.5 Å². The first-order valence-electron chi connectivity index (χ1n) is 8.27. The largest absolute Gasteiger partial charge is 0.455 e. The van der Waals surface area contributed by atoms with Crippen LogP contribution in [0, 0.1) is 10.1 Å². The van der Waals surface area contributed by atoms with Crippen molar-refractivity contribution in [2.75, 3.05) is 5.43 Å². The second-order valence-corrected chi connectivity index (χ2v) is 6.41. The molecule has 2 aromatic carbocycles. The van der Waals surface area contributed by atoms with Gasteiger partial charge in [0.05, 0.1) is 27.7 Å². The van der Waals surface area contributed by atoms with Crippen LogP contribution >= 0.6 is 11.6 Å². The van der Waals surface area contributed by atoms with Gasteiger partial charge in [-0.3, -0.25) is 10.1 Å². The minimum absolute atomic E-state index is 0.122. The maximum Gasteiger partial charge on any atom is 0.281 e. The molecule has 1 N–H and O–H groups in total.